The van der Waals surface area contributed by atoms with Crippen LogP contribution in [0.15, 0.2) is 64.6 Å². The Bertz CT molecular complexity index is 1440. The van der Waals surface area contributed by atoms with Gasteiger partial charge in [-0.25, -0.2) is 0 Å². The highest BCUT2D eigenvalue weighted by Gasteiger charge is 2.61. The van der Waals surface area contributed by atoms with Gasteiger partial charge >= 0.3 is 0 Å². The minimum Gasteiger partial charge on any atom is -0.494 e. The van der Waals surface area contributed by atoms with Crippen molar-refractivity contribution in [1.82, 2.24) is 15.1 Å². The summed E-state index contributed by atoms with van der Waals surface area (Å²) in [5, 5.41) is 5.89. The van der Waals surface area contributed by atoms with Crippen molar-refractivity contribution in [3.8, 4) is 5.75 Å². The van der Waals surface area contributed by atoms with Crippen LogP contribution in [-0.4, -0.2) is 72.0 Å². The predicted octanol–water partition coefficient (Wildman–Crippen LogP) is 2.79. The third-order valence-corrected chi connectivity index (χ3v) is 9.27. The molecule has 0 unspecified atom stereocenters. The van der Waals surface area contributed by atoms with Gasteiger partial charge in [0, 0.05) is 31.0 Å². The van der Waals surface area contributed by atoms with Crippen molar-refractivity contribution in [3.05, 3.63) is 70.8 Å². The second-order valence-corrected chi connectivity index (χ2v) is 11.3. The number of thioether (sulfide) groups is 1. The van der Waals surface area contributed by atoms with Gasteiger partial charge in [-0.2, -0.15) is 0 Å². The van der Waals surface area contributed by atoms with E-state index in [0.29, 0.717) is 38.3 Å². The molecule has 0 aliphatic carbocycles. The fourth-order valence-electron chi connectivity index (χ4n) is 6.61. The molecule has 10 heteroatoms. The van der Waals surface area contributed by atoms with E-state index in [0.717, 1.165) is 40.8 Å². The Morgan fingerprint density at radius 1 is 1.13 bits per heavy atom. The molecule has 1 N–H and O–H groups in total. The average molecular weight is 544 g/mol. The van der Waals surface area contributed by atoms with Gasteiger partial charge in [0.15, 0.2) is 5.17 Å². The number of nitrogens with one attached hydrogen (secondary N) is 1. The van der Waals surface area contributed by atoms with Crippen LogP contribution in [0.4, 0.5) is 5.69 Å². The molecule has 5 aliphatic heterocycles. The van der Waals surface area contributed by atoms with Crippen molar-refractivity contribution in [2.45, 2.75) is 30.7 Å². The highest BCUT2D eigenvalue weighted by molar-refractivity contribution is 8.16. The fourth-order valence-corrected chi connectivity index (χ4v) is 7.57. The lowest BCUT2D eigenvalue weighted by Gasteiger charge is -2.35. The summed E-state index contributed by atoms with van der Waals surface area (Å²) < 4.78 is 6.02. The molecule has 3 amide bonds. The monoisotopic (exact) mass is 543 g/mol. The van der Waals surface area contributed by atoms with Gasteiger partial charge in [-0.1, -0.05) is 42.1 Å². The summed E-state index contributed by atoms with van der Waals surface area (Å²) in [7, 11) is 0. The Morgan fingerprint density at radius 3 is 2.95 bits per heavy atom. The maximum absolute atomic E-state index is 14.5. The minimum absolute atomic E-state index is 0.0224. The van der Waals surface area contributed by atoms with Crippen molar-refractivity contribution in [1.29, 1.82) is 0 Å². The number of likely N-dealkylation sites (tertiary alicyclic amines) is 1. The lowest BCUT2D eigenvalue weighted by molar-refractivity contribution is -0.133. The summed E-state index contributed by atoms with van der Waals surface area (Å²) in [4.78, 5) is 51.5. The minimum atomic E-state index is -0.992. The quantitative estimate of drug-likeness (QED) is 0.626. The zero-order valence-corrected chi connectivity index (χ0v) is 22.3. The zero-order chi connectivity index (χ0) is 26.6. The molecule has 0 saturated carbocycles. The van der Waals surface area contributed by atoms with Crippen molar-refractivity contribution >= 4 is 40.3 Å². The van der Waals surface area contributed by atoms with Crippen LogP contribution in [0, 0.1) is 0 Å². The second-order valence-electron chi connectivity index (χ2n) is 10.5. The number of para-hydroxylation sites is 1. The van der Waals surface area contributed by atoms with Crippen molar-refractivity contribution in [2.24, 2.45) is 4.99 Å². The van der Waals surface area contributed by atoms with Crippen LogP contribution in [-0.2, 0) is 19.8 Å². The first-order valence-electron chi connectivity index (χ1n) is 13.4. The van der Waals surface area contributed by atoms with Gasteiger partial charge in [0.1, 0.15) is 17.7 Å². The number of amidine groups is 1. The summed E-state index contributed by atoms with van der Waals surface area (Å²) in [6.45, 7) is 2.84. The van der Waals surface area contributed by atoms with Crippen LogP contribution in [0.1, 0.15) is 36.4 Å². The largest absolute Gasteiger partial charge is 0.494 e. The molecule has 1 fully saturated rings. The molecule has 2 aromatic rings. The topological polar surface area (TPSA) is 94.6 Å². The highest BCUT2D eigenvalue weighted by Crippen LogP contribution is 2.57. The average Bonchev–Trinajstić information content (AvgIpc) is 3.70. The van der Waals surface area contributed by atoms with E-state index in [9.17, 15) is 14.4 Å². The van der Waals surface area contributed by atoms with Gasteiger partial charge in [0.25, 0.3) is 0 Å². The normalized spacial score (nSPS) is 25.7. The van der Waals surface area contributed by atoms with Gasteiger partial charge in [0.2, 0.25) is 17.7 Å². The molecule has 200 valence electrons. The smallest absolute Gasteiger partial charge is 0.240 e. The number of carbonyl (C=O) groups excluding carboxylic acids is 3. The van der Waals surface area contributed by atoms with E-state index in [2.05, 4.69) is 15.2 Å². The molecule has 2 atom stereocenters. The van der Waals surface area contributed by atoms with E-state index in [4.69, 9.17) is 4.74 Å². The van der Waals surface area contributed by atoms with Gasteiger partial charge < -0.3 is 24.8 Å². The molecule has 5 aliphatic rings. The molecule has 9 nitrogen and oxygen atoms in total. The molecule has 0 radical (unpaired) electrons. The summed E-state index contributed by atoms with van der Waals surface area (Å²) in [5.74, 6) is 0.327. The fraction of sp³-hybridized carbons (Fsp3) is 0.379. The van der Waals surface area contributed by atoms with Crippen molar-refractivity contribution in [3.63, 3.8) is 0 Å². The molecule has 39 heavy (non-hydrogen) atoms. The lowest BCUT2D eigenvalue weighted by atomic mass is 9.72. The van der Waals surface area contributed by atoms with E-state index in [-0.39, 0.29) is 30.7 Å². The maximum atomic E-state index is 14.5. The van der Waals surface area contributed by atoms with Crippen LogP contribution < -0.4 is 15.0 Å². The van der Waals surface area contributed by atoms with Crippen molar-refractivity contribution in [2.75, 3.05) is 44.2 Å². The van der Waals surface area contributed by atoms with Crippen LogP contribution in [0.2, 0.25) is 0 Å². The van der Waals surface area contributed by atoms with E-state index < -0.39 is 11.5 Å². The number of nitrogens with zero attached hydrogens (tertiary/aromatic N) is 4. The Kier molecular flexibility index (Phi) is 5.88. The number of ether oxygens (including phenoxy) is 1. The third-order valence-electron chi connectivity index (χ3n) is 8.32. The zero-order valence-electron chi connectivity index (χ0n) is 21.5. The van der Waals surface area contributed by atoms with Gasteiger partial charge in [-0.05, 0) is 47.6 Å². The molecule has 7 rings (SSSR count). The lowest BCUT2D eigenvalue weighted by Crippen LogP contribution is -2.48. The van der Waals surface area contributed by atoms with Crippen molar-refractivity contribution < 1.29 is 19.1 Å². The molecule has 4 bridgehead atoms. The number of benzene rings is 2. The second kappa shape index (κ2) is 9.44. The molecular weight excluding hydrogens is 514 g/mol. The van der Waals surface area contributed by atoms with Gasteiger partial charge in [-0.15, -0.1) is 0 Å². The Morgan fingerprint density at radius 2 is 2.03 bits per heavy atom. The number of hydrogen-bond donors (Lipinski definition) is 1. The summed E-state index contributed by atoms with van der Waals surface area (Å²) in [6.07, 6.45) is 1.37. The molecule has 0 aromatic heterocycles. The van der Waals surface area contributed by atoms with Gasteiger partial charge in [0.05, 0.1) is 25.6 Å². The number of fused-ring (bicyclic) bond motifs is 7. The van der Waals surface area contributed by atoms with Crippen LogP contribution in [0.5, 0.6) is 5.75 Å². The first kappa shape index (κ1) is 24.3. The van der Waals surface area contributed by atoms with E-state index in [1.807, 2.05) is 58.8 Å². The van der Waals surface area contributed by atoms with E-state index in [1.54, 1.807) is 16.7 Å². The van der Waals surface area contributed by atoms with Crippen LogP contribution >= 0.6 is 11.8 Å². The SMILES string of the molecule is O=C1CN2C(=O)[C@]3(CCN(C(=O)CC4=CSC5=NCCN45)[C@H]3c3cccc(c3)OCCCN1)c1ccccc12. The number of amides is 3. The highest BCUT2D eigenvalue weighted by atomic mass is 32.2. The van der Waals surface area contributed by atoms with Crippen LogP contribution in [0.25, 0.3) is 0 Å². The molecule has 1 spiro atoms. The summed E-state index contributed by atoms with van der Waals surface area (Å²) >= 11 is 1.56. The first-order valence-corrected chi connectivity index (χ1v) is 14.3. The summed E-state index contributed by atoms with van der Waals surface area (Å²) in [6, 6.07) is 15.0. The maximum Gasteiger partial charge on any atom is 0.240 e. The van der Waals surface area contributed by atoms with E-state index >= 15 is 0 Å². The Hall–Kier alpha value is -3.79. The van der Waals surface area contributed by atoms with Crippen LogP contribution in [0.3, 0.4) is 0 Å². The van der Waals surface area contributed by atoms with E-state index in [1.165, 1.54) is 0 Å². The number of carbonyl (C=O) groups is 3. The first-order chi connectivity index (χ1) is 19.1. The molecule has 1 saturated heterocycles. The predicted molar refractivity (Wildman–Crippen MR) is 148 cm³/mol. The van der Waals surface area contributed by atoms with Gasteiger partial charge in [-0.3, -0.25) is 19.4 Å². The molecular formula is C29H29N5O4S. The third kappa shape index (κ3) is 3.83. The standard InChI is InChI=1S/C29H29N5O4S/c35-24-17-34-23-8-2-1-7-22(23)29(27(34)37)9-12-33(25(36)16-20-18-39-28-31-11-13-32(20)28)26(29)19-5-3-6-21(15-19)38-14-4-10-30-24/h1-3,5-8,15,18,26H,4,9-14,16-17H2,(H,30,35)/t26-,29+/m0/s1. The molecule has 2 aromatic carbocycles. The number of rotatable bonds is 2. The Balaban J connectivity index is 1.33. The summed E-state index contributed by atoms with van der Waals surface area (Å²) in [5.41, 5.74) is 2.44. The number of aliphatic imine (C=N–C) groups is 1. The number of anilines is 1. The molecule has 5 heterocycles. The number of hydrogen-bond acceptors (Lipinski definition) is 7. The Labute approximate surface area is 230 Å².